The van der Waals surface area contributed by atoms with Crippen molar-refractivity contribution in [2.75, 3.05) is 7.05 Å². The SMILES string of the molecule is CCc1nc(C)c(-c2ccc3c(c2)C(=O)N(C)C3)s1. The molecule has 0 atom stereocenters. The number of thiazole rings is 1. The van der Waals surface area contributed by atoms with E-state index in [0.717, 1.165) is 40.4 Å². The van der Waals surface area contributed by atoms with Crippen molar-refractivity contribution in [2.45, 2.75) is 26.8 Å². The Balaban J connectivity index is 2.08. The first kappa shape index (κ1) is 12.4. The second-order valence-electron chi connectivity index (χ2n) is 4.91. The summed E-state index contributed by atoms with van der Waals surface area (Å²) in [7, 11) is 1.84. The summed E-state index contributed by atoms with van der Waals surface area (Å²) in [5, 5.41) is 1.15. The Morgan fingerprint density at radius 1 is 1.42 bits per heavy atom. The van der Waals surface area contributed by atoms with E-state index in [-0.39, 0.29) is 5.91 Å². The van der Waals surface area contributed by atoms with Crippen molar-refractivity contribution in [3.05, 3.63) is 40.0 Å². The molecule has 98 valence electrons. The number of fused-ring (bicyclic) bond motifs is 1. The predicted molar refractivity (Wildman–Crippen MR) is 77.5 cm³/mol. The molecule has 3 rings (SSSR count). The van der Waals surface area contributed by atoms with E-state index in [1.54, 1.807) is 16.2 Å². The van der Waals surface area contributed by atoms with Gasteiger partial charge in [-0.05, 0) is 30.5 Å². The molecule has 1 aromatic carbocycles. The maximum absolute atomic E-state index is 12.0. The number of aromatic nitrogens is 1. The maximum Gasteiger partial charge on any atom is 0.254 e. The van der Waals surface area contributed by atoms with Crippen molar-refractivity contribution >= 4 is 17.2 Å². The minimum Gasteiger partial charge on any atom is -0.337 e. The molecular formula is C15H16N2OS. The Morgan fingerprint density at radius 3 is 2.89 bits per heavy atom. The van der Waals surface area contributed by atoms with Crippen LogP contribution in [0.1, 0.15) is 33.5 Å². The molecule has 1 amide bonds. The lowest BCUT2D eigenvalue weighted by molar-refractivity contribution is 0.0816. The number of nitrogens with zero attached hydrogens (tertiary/aromatic N) is 2. The molecule has 0 N–H and O–H groups in total. The molecule has 1 aromatic heterocycles. The first-order chi connectivity index (χ1) is 9.10. The number of hydrogen-bond acceptors (Lipinski definition) is 3. The van der Waals surface area contributed by atoms with E-state index in [9.17, 15) is 4.79 Å². The molecular weight excluding hydrogens is 256 g/mol. The molecule has 0 radical (unpaired) electrons. The summed E-state index contributed by atoms with van der Waals surface area (Å²) < 4.78 is 0. The Hall–Kier alpha value is -1.68. The molecule has 2 aromatic rings. The second-order valence-corrected chi connectivity index (χ2v) is 5.99. The van der Waals surface area contributed by atoms with Crippen LogP contribution in [0, 0.1) is 6.92 Å². The number of carbonyl (C=O) groups is 1. The van der Waals surface area contributed by atoms with Gasteiger partial charge in [0.1, 0.15) is 0 Å². The predicted octanol–water partition coefficient (Wildman–Crippen LogP) is 3.27. The quantitative estimate of drug-likeness (QED) is 0.840. The highest BCUT2D eigenvalue weighted by Gasteiger charge is 2.25. The fourth-order valence-electron chi connectivity index (χ4n) is 2.46. The summed E-state index contributed by atoms with van der Waals surface area (Å²) in [5.74, 6) is 0.120. The number of amides is 1. The van der Waals surface area contributed by atoms with Gasteiger partial charge in [-0.25, -0.2) is 4.98 Å². The van der Waals surface area contributed by atoms with Gasteiger partial charge in [0.2, 0.25) is 0 Å². The molecule has 0 unspecified atom stereocenters. The summed E-state index contributed by atoms with van der Waals surface area (Å²) in [6.45, 7) is 4.87. The number of rotatable bonds is 2. The molecule has 0 saturated carbocycles. The van der Waals surface area contributed by atoms with Gasteiger partial charge in [-0.3, -0.25) is 4.79 Å². The van der Waals surface area contributed by atoms with Gasteiger partial charge in [0, 0.05) is 19.2 Å². The number of carbonyl (C=O) groups excluding carboxylic acids is 1. The lowest BCUT2D eigenvalue weighted by Gasteiger charge is -2.04. The van der Waals surface area contributed by atoms with Crippen LogP contribution in [0.4, 0.5) is 0 Å². The summed E-state index contributed by atoms with van der Waals surface area (Å²) in [4.78, 5) is 19.5. The smallest absolute Gasteiger partial charge is 0.254 e. The molecule has 19 heavy (non-hydrogen) atoms. The highest BCUT2D eigenvalue weighted by Crippen LogP contribution is 2.33. The summed E-state index contributed by atoms with van der Waals surface area (Å²) >= 11 is 1.72. The van der Waals surface area contributed by atoms with E-state index < -0.39 is 0 Å². The van der Waals surface area contributed by atoms with Crippen molar-refractivity contribution in [1.82, 2.24) is 9.88 Å². The average molecular weight is 272 g/mol. The molecule has 3 nitrogen and oxygen atoms in total. The molecule has 0 saturated heterocycles. The van der Waals surface area contributed by atoms with Gasteiger partial charge in [-0.15, -0.1) is 11.3 Å². The van der Waals surface area contributed by atoms with Crippen LogP contribution in [0.25, 0.3) is 10.4 Å². The summed E-state index contributed by atoms with van der Waals surface area (Å²) in [6.07, 6.45) is 0.956. The summed E-state index contributed by atoms with van der Waals surface area (Å²) in [5.41, 5.74) is 4.12. The van der Waals surface area contributed by atoms with Crippen LogP contribution >= 0.6 is 11.3 Å². The zero-order valence-corrected chi connectivity index (χ0v) is 12.2. The van der Waals surface area contributed by atoms with Crippen LogP contribution < -0.4 is 0 Å². The highest BCUT2D eigenvalue weighted by atomic mass is 32.1. The van der Waals surface area contributed by atoms with E-state index in [2.05, 4.69) is 24.0 Å². The normalized spacial score (nSPS) is 14.1. The van der Waals surface area contributed by atoms with Crippen molar-refractivity contribution in [1.29, 1.82) is 0 Å². The first-order valence-corrected chi connectivity index (χ1v) is 7.27. The van der Waals surface area contributed by atoms with Gasteiger partial charge in [-0.2, -0.15) is 0 Å². The number of aryl methyl sites for hydroxylation is 2. The third kappa shape index (κ3) is 1.96. The van der Waals surface area contributed by atoms with Crippen molar-refractivity contribution in [3.8, 4) is 10.4 Å². The molecule has 0 bridgehead atoms. The van der Waals surface area contributed by atoms with Crippen LogP contribution in [-0.4, -0.2) is 22.8 Å². The minimum atomic E-state index is 0.120. The maximum atomic E-state index is 12.0. The van der Waals surface area contributed by atoms with Gasteiger partial charge in [-0.1, -0.05) is 19.1 Å². The Labute approximate surface area is 116 Å². The van der Waals surface area contributed by atoms with E-state index in [0.29, 0.717) is 0 Å². The Bertz CT molecular complexity index is 660. The third-order valence-corrected chi connectivity index (χ3v) is 4.85. The minimum absolute atomic E-state index is 0.120. The fourth-order valence-corrected chi connectivity index (χ4v) is 3.46. The van der Waals surface area contributed by atoms with Gasteiger partial charge in [0.25, 0.3) is 5.91 Å². The molecule has 1 aliphatic heterocycles. The lowest BCUT2D eigenvalue weighted by atomic mass is 10.0. The van der Waals surface area contributed by atoms with Crippen LogP contribution in [0.3, 0.4) is 0 Å². The molecule has 0 aliphatic carbocycles. The molecule has 2 heterocycles. The Kier molecular flexibility index (Phi) is 2.90. The Morgan fingerprint density at radius 2 is 2.21 bits per heavy atom. The number of hydrogen-bond donors (Lipinski definition) is 0. The lowest BCUT2D eigenvalue weighted by Crippen LogP contribution is -2.17. The summed E-state index contributed by atoms with van der Waals surface area (Å²) in [6, 6.07) is 6.18. The second kappa shape index (κ2) is 4.46. The topological polar surface area (TPSA) is 33.2 Å². The van der Waals surface area contributed by atoms with Crippen molar-refractivity contribution < 1.29 is 4.79 Å². The van der Waals surface area contributed by atoms with Crippen molar-refractivity contribution in [3.63, 3.8) is 0 Å². The molecule has 0 spiro atoms. The van der Waals surface area contributed by atoms with Crippen LogP contribution in [0.5, 0.6) is 0 Å². The third-order valence-electron chi connectivity index (χ3n) is 3.50. The fraction of sp³-hybridized carbons (Fsp3) is 0.333. The average Bonchev–Trinajstić information content (AvgIpc) is 2.91. The highest BCUT2D eigenvalue weighted by molar-refractivity contribution is 7.15. The molecule has 0 fully saturated rings. The van der Waals surface area contributed by atoms with Gasteiger partial charge >= 0.3 is 0 Å². The van der Waals surface area contributed by atoms with E-state index in [4.69, 9.17) is 0 Å². The number of benzene rings is 1. The largest absolute Gasteiger partial charge is 0.337 e. The van der Waals surface area contributed by atoms with Gasteiger partial charge < -0.3 is 4.90 Å². The van der Waals surface area contributed by atoms with Gasteiger partial charge in [0.05, 0.1) is 15.6 Å². The molecule has 4 heteroatoms. The van der Waals surface area contributed by atoms with Crippen molar-refractivity contribution in [2.24, 2.45) is 0 Å². The van der Waals surface area contributed by atoms with Crippen LogP contribution in [0.2, 0.25) is 0 Å². The standard InChI is InChI=1S/C15H16N2OS/c1-4-13-16-9(2)14(19-13)10-5-6-11-8-17(3)15(18)12(11)7-10/h5-7H,4,8H2,1-3H3. The monoisotopic (exact) mass is 272 g/mol. The van der Waals surface area contributed by atoms with Crippen LogP contribution in [-0.2, 0) is 13.0 Å². The van der Waals surface area contributed by atoms with E-state index >= 15 is 0 Å². The van der Waals surface area contributed by atoms with E-state index in [1.807, 2.05) is 20.0 Å². The first-order valence-electron chi connectivity index (χ1n) is 6.45. The van der Waals surface area contributed by atoms with Crippen LogP contribution in [0.15, 0.2) is 18.2 Å². The van der Waals surface area contributed by atoms with Gasteiger partial charge in [0.15, 0.2) is 0 Å². The molecule has 1 aliphatic rings. The zero-order chi connectivity index (χ0) is 13.6. The van der Waals surface area contributed by atoms with E-state index in [1.165, 1.54) is 4.88 Å². The zero-order valence-electron chi connectivity index (χ0n) is 11.4.